The fraction of sp³-hybridized carbons (Fsp3) is 0.500. The first kappa shape index (κ1) is 28.4. The summed E-state index contributed by atoms with van der Waals surface area (Å²) in [5.74, 6) is 0. The molecule has 1 aromatic heterocycles. The minimum atomic E-state index is -4.71. The number of nitrogens with zero attached hydrogens (tertiary/aromatic N) is 2. The van der Waals surface area contributed by atoms with Crippen LogP contribution in [-0.2, 0) is 17.1 Å². The number of hydrogen-bond donors (Lipinski definition) is 1. The Morgan fingerprint density at radius 3 is 2.24 bits per heavy atom. The van der Waals surface area contributed by atoms with Crippen molar-refractivity contribution >= 4 is 39.7 Å². The highest BCUT2D eigenvalue weighted by Gasteiger charge is 2.37. The highest BCUT2D eigenvalue weighted by atomic mass is 32.2. The number of carbonyl (C=O) groups is 1. The molecule has 0 saturated carbocycles. The maximum Gasteiger partial charge on any atom is 0.417 e. The van der Waals surface area contributed by atoms with Crippen molar-refractivity contribution in [3.63, 3.8) is 0 Å². The van der Waals surface area contributed by atoms with Gasteiger partial charge in [-0.15, -0.1) is 11.8 Å². The molecule has 1 saturated heterocycles. The molecule has 38 heavy (non-hydrogen) atoms. The molecule has 0 aliphatic carbocycles. The Hall–Kier alpha value is -2.60. The van der Waals surface area contributed by atoms with Crippen LogP contribution in [0.5, 0.6) is 0 Å². The van der Waals surface area contributed by atoms with Gasteiger partial charge in [0.1, 0.15) is 5.60 Å². The Bertz CT molecular complexity index is 1360. The average Bonchev–Trinajstić information content (AvgIpc) is 2.96. The molecule has 3 aromatic rings. The Kier molecular flexibility index (Phi) is 7.37. The average molecular weight is 563 g/mol. The summed E-state index contributed by atoms with van der Waals surface area (Å²) in [7, 11) is 0. The van der Waals surface area contributed by atoms with Gasteiger partial charge in [0.05, 0.1) is 35.3 Å². The van der Waals surface area contributed by atoms with Crippen LogP contribution in [0, 0.1) is 0 Å². The number of carbonyl (C=O) groups excluding carboxylic acids is 1. The molecule has 2 aromatic carbocycles. The maximum absolute atomic E-state index is 13.9. The molecule has 1 fully saturated rings. The highest BCUT2D eigenvalue weighted by molar-refractivity contribution is 7.98. The van der Waals surface area contributed by atoms with E-state index in [1.165, 1.54) is 23.3 Å². The molecule has 0 bridgehead atoms. The molecule has 1 aliphatic heterocycles. The van der Waals surface area contributed by atoms with Crippen LogP contribution in [0.1, 0.15) is 50.8 Å². The molecule has 2 heterocycles. The zero-order chi connectivity index (χ0) is 28.2. The predicted molar refractivity (Wildman–Crippen MR) is 133 cm³/mol. The summed E-state index contributed by atoms with van der Waals surface area (Å²) in [6.07, 6.45) is -8.87. The van der Waals surface area contributed by atoms with Crippen molar-refractivity contribution < 1.29 is 41.0 Å². The molecule has 0 unspecified atom stereocenters. The number of ether oxygens (including phenoxy) is 1. The van der Waals surface area contributed by atoms with Gasteiger partial charge in [0.25, 0.3) is 0 Å². The molecule has 1 amide bonds. The van der Waals surface area contributed by atoms with E-state index >= 15 is 0 Å². The predicted octanol–water partition coefficient (Wildman–Crippen LogP) is 7.49. The van der Waals surface area contributed by atoms with E-state index < -0.39 is 47.3 Å². The maximum atomic E-state index is 13.9. The first-order valence-corrected chi connectivity index (χ1v) is 13.2. The lowest BCUT2D eigenvalue weighted by Crippen LogP contribution is -2.41. The van der Waals surface area contributed by atoms with Gasteiger partial charge < -0.3 is 19.3 Å². The highest BCUT2D eigenvalue weighted by Crippen LogP contribution is 2.44. The minimum absolute atomic E-state index is 0.00780. The zero-order valence-electron chi connectivity index (χ0n) is 21.2. The van der Waals surface area contributed by atoms with E-state index in [2.05, 4.69) is 0 Å². The summed E-state index contributed by atoms with van der Waals surface area (Å²) in [5, 5.41) is 11.2. The van der Waals surface area contributed by atoms with Gasteiger partial charge in [0.15, 0.2) is 0 Å². The molecule has 0 spiro atoms. The lowest BCUT2D eigenvalue weighted by atomic mass is 10.1. The first-order valence-electron chi connectivity index (χ1n) is 12.0. The number of thioether (sulfide) groups is 1. The van der Waals surface area contributed by atoms with Crippen LogP contribution in [0.2, 0.25) is 0 Å². The third kappa shape index (κ3) is 5.56. The van der Waals surface area contributed by atoms with Crippen molar-refractivity contribution in [2.24, 2.45) is 0 Å². The molecule has 1 N–H and O–H groups in total. The number of amides is 1. The molecule has 208 valence electrons. The number of aliphatic hydroxyl groups excluding tert-OH is 1. The van der Waals surface area contributed by atoms with E-state index in [0.29, 0.717) is 12.8 Å². The Balaban J connectivity index is 1.90. The number of fused-ring (bicyclic) bond motifs is 3. The standard InChI is InChI=1S/C26H28F6N2O3S/c1-24(2,3)37-23(36)33-9-5-6-19(21(35)13-33)34-18-8-7-14(25(27,28)29)10-15(18)16-11-17(26(30,31)32)22(38-4)12-20(16)34/h7-8,10-12,19,21,35H,5-6,9,13H2,1-4H3/t19-,21-/m1/s1. The van der Waals surface area contributed by atoms with Crippen molar-refractivity contribution in [1.29, 1.82) is 0 Å². The van der Waals surface area contributed by atoms with Crippen molar-refractivity contribution in [3.05, 3.63) is 41.5 Å². The number of aliphatic hydroxyl groups is 1. The third-order valence-corrected chi connectivity index (χ3v) is 7.30. The van der Waals surface area contributed by atoms with E-state index in [9.17, 15) is 36.2 Å². The first-order chi connectivity index (χ1) is 17.5. The zero-order valence-corrected chi connectivity index (χ0v) is 22.0. The lowest BCUT2D eigenvalue weighted by Gasteiger charge is -2.29. The SMILES string of the molecule is CSc1cc2c(cc1C(F)(F)F)c1cc(C(F)(F)F)ccc1n2[C@@H]1CCCN(C(=O)OC(C)(C)C)C[C@H]1O. The van der Waals surface area contributed by atoms with Crippen LogP contribution in [-0.4, -0.2) is 51.7 Å². The lowest BCUT2D eigenvalue weighted by molar-refractivity contribution is -0.139. The normalized spacial score (nSPS) is 19.7. The second-order valence-electron chi connectivity index (χ2n) is 10.4. The smallest absolute Gasteiger partial charge is 0.417 e. The molecular formula is C26H28F6N2O3S. The fourth-order valence-corrected chi connectivity index (χ4v) is 5.54. The topological polar surface area (TPSA) is 54.7 Å². The second kappa shape index (κ2) is 9.86. The summed E-state index contributed by atoms with van der Waals surface area (Å²) in [6, 6.07) is 4.46. The Morgan fingerprint density at radius 2 is 1.66 bits per heavy atom. The van der Waals surface area contributed by atoms with Crippen molar-refractivity contribution in [1.82, 2.24) is 9.47 Å². The van der Waals surface area contributed by atoms with Gasteiger partial charge in [-0.1, -0.05) is 0 Å². The number of rotatable bonds is 2. The molecule has 1 aliphatic rings. The minimum Gasteiger partial charge on any atom is -0.444 e. The Morgan fingerprint density at radius 1 is 1.00 bits per heavy atom. The summed E-state index contributed by atoms with van der Waals surface area (Å²) in [5.41, 5.74) is -2.11. The number of β-amino-alcohol motifs (C(OH)–C–C–N with tert-alkyl or cyclic N) is 1. The Labute approximate surface area is 219 Å². The molecule has 0 radical (unpaired) electrons. The van der Waals surface area contributed by atoms with Crippen LogP contribution in [0.3, 0.4) is 0 Å². The van der Waals surface area contributed by atoms with Gasteiger partial charge in [-0.25, -0.2) is 4.79 Å². The van der Waals surface area contributed by atoms with E-state index in [4.69, 9.17) is 4.74 Å². The van der Waals surface area contributed by atoms with E-state index in [0.717, 1.165) is 30.0 Å². The van der Waals surface area contributed by atoms with Crippen LogP contribution in [0.25, 0.3) is 21.8 Å². The van der Waals surface area contributed by atoms with Crippen LogP contribution < -0.4 is 0 Å². The van der Waals surface area contributed by atoms with Crippen LogP contribution in [0.15, 0.2) is 35.2 Å². The molecule has 2 atom stereocenters. The quantitative estimate of drug-likeness (QED) is 0.260. The van der Waals surface area contributed by atoms with Gasteiger partial charge in [0.2, 0.25) is 0 Å². The number of alkyl halides is 6. The largest absolute Gasteiger partial charge is 0.444 e. The summed E-state index contributed by atoms with van der Waals surface area (Å²) in [6.45, 7) is 5.33. The number of hydrogen-bond acceptors (Lipinski definition) is 4. The molecular weight excluding hydrogens is 534 g/mol. The molecule has 12 heteroatoms. The van der Waals surface area contributed by atoms with E-state index in [1.54, 1.807) is 25.3 Å². The van der Waals surface area contributed by atoms with Gasteiger partial charge in [-0.2, -0.15) is 26.3 Å². The van der Waals surface area contributed by atoms with Crippen LogP contribution >= 0.6 is 11.8 Å². The van der Waals surface area contributed by atoms with Crippen molar-refractivity contribution in [3.8, 4) is 0 Å². The number of aromatic nitrogens is 1. The monoisotopic (exact) mass is 562 g/mol. The van der Waals surface area contributed by atoms with Gasteiger partial charge in [-0.3, -0.25) is 0 Å². The summed E-state index contributed by atoms with van der Waals surface area (Å²) < 4.78 is 89.2. The number of halogens is 6. The summed E-state index contributed by atoms with van der Waals surface area (Å²) >= 11 is 0.879. The van der Waals surface area contributed by atoms with E-state index in [1.807, 2.05) is 0 Å². The van der Waals surface area contributed by atoms with Crippen molar-refractivity contribution in [2.75, 3.05) is 19.3 Å². The second-order valence-corrected chi connectivity index (χ2v) is 11.2. The molecule has 4 rings (SSSR count). The summed E-state index contributed by atoms with van der Waals surface area (Å²) in [4.78, 5) is 13.9. The van der Waals surface area contributed by atoms with Gasteiger partial charge in [-0.05, 0) is 70.2 Å². The fourth-order valence-electron chi connectivity index (χ4n) is 4.92. The van der Waals surface area contributed by atoms with E-state index in [-0.39, 0.29) is 39.8 Å². The van der Waals surface area contributed by atoms with Gasteiger partial charge in [0, 0.05) is 27.7 Å². The third-order valence-electron chi connectivity index (χ3n) is 6.52. The number of benzene rings is 2. The molecule has 5 nitrogen and oxygen atoms in total. The van der Waals surface area contributed by atoms with Gasteiger partial charge >= 0.3 is 18.4 Å². The van der Waals surface area contributed by atoms with Crippen molar-refractivity contribution in [2.45, 2.75) is 68.6 Å². The van der Waals surface area contributed by atoms with Crippen LogP contribution in [0.4, 0.5) is 31.1 Å². The number of likely N-dealkylation sites (tertiary alicyclic amines) is 1.